The Balaban J connectivity index is 2.44. The highest BCUT2D eigenvalue weighted by Gasteiger charge is 2.22. The zero-order chi connectivity index (χ0) is 14.9. The van der Waals surface area contributed by atoms with Crippen LogP contribution in [0.25, 0.3) is 0 Å². The van der Waals surface area contributed by atoms with Crippen molar-refractivity contribution in [1.82, 2.24) is 9.78 Å². The molecular weight excluding hydrogens is 256 g/mol. The van der Waals surface area contributed by atoms with E-state index in [1.807, 2.05) is 13.8 Å². The van der Waals surface area contributed by atoms with Gasteiger partial charge in [-0.05, 0) is 25.5 Å². The van der Waals surface area contributed by atoms with Crippen LogP contribution in [-0.2, 0) is 7.05 Å². The van der Waals surface area contributed by atoms with Crippen LogP contribution in [0, 0.1) is 6.92 Å². The second-order valence-electron chi connectivity index (χ2n) is 4.63. The standard InChI is InChI=1S/C14H18N4O2/c1-4-18(12-7-10(19)6-5-9(12)2)14(20)13-11(15)8-17(3)16-13/h5-8,19H,4,15H2,1-3H3. The van der Waals surface area contributed by atoms with Crippen molar-refractivity contribution in [3.8, 4) is 5.75 Å². The topological polar surface area (TPSA) is 84.4 Å². The molecule has 106 valence electrons. The quantitative estimate of drug-likeness (QED) is 0.892. The zero-order valence-electron chi connectivity index (χ0n) is 11.8. The molecule has 2 rings (SSSR count). The van der Waals surface area contributed by atoms with E-state index in [0.29, 0.717) is 17.9 Å². The first-order valence-electron chi connectivity index (χ1n) is 6.34. The normalized spacial score (nSPS) is 10.6. The second-order valence-corrected chi connectivity index (χ2v) is 4.63. The van der Waals surface area contributed by atoms with E-state index in [2.05, 4.69) is 5.10 Å². The molecule has 0 aliphatic carbocycles. The Morgan fingerprint density at radius 2 is 2.20 bits per heavy atom. The maximum absolute atomic E-state index is 12.6. The fourth-order valence-electron chi connectivity index (χ4n) is 2.11. The lowest BCUT2D eigenvalue weighted by Crippen LogP contribution is -2.32. The van der Waals surface area contributed by atoms with Crippen LogP contribution < -0.4 is 10.6 Å². The molecule has 0 bridgehead atoms. The summed E-state index contributed by atoms with van der Waals surface area (Å²) in [5, 5.41) is 13.7. The molecule has 20 heavy (non-hydrogen) atoms. The number of phenols is 1. The molecule has 6 nitrogen and oxygen atoms in total. The van der Waals surface area contributed by atoms with E-state index >= 15 is 0 Å². The number of nitrogens with two attached hydrogens (primary N) is 1. The minimum absolute atomic E-state index is 0.117. The Labute approximate surface area is 117 Å². The van der Waals surface area contributed by atoms with E-state index < -0.39 is 0 Å². The molecule has 1 heterocycles. The van der Waals surface area contributed by atoms with Crippen LogP contribution in [0.4, 0.5) is 11.4 Å². The van der Waals surface area contributed by atoms with E-state index in [0.717, 1.165) is 5.56 Å². The predicted octanol–water partition coefficient (Wildman–Crippen LogP) is 1.68. The van der Waals surface area contributed by atoms with E-state index in [1.54, 1.807) is 36.3 Å². The van der Waals surface area contributed by atoms with E-state index in [1.165, 1.54) is 4.68 Å². The Kier molecular flexibility index (Phi) is 3.65. The number of hydrogen-bond donors (Lipinski definition) is 2. The van der Waals surface area contributed by atoms with Crippen LogP contribution in [0.3, 0.4) is 0 Å². The second kappa shape index (κ2) is 5.24. The Hall–Kier alpha value is -2.50. The number of amides is 1. The van der Waals surface area contributed by atoms with Gasteiger partial charge in [-0.3, -0.25) is 9.48 Å². The van der Waals surface area contributed by atoms with Gasteiger partial charge in [0.1, 0.15) is 5.75 Å². The highest BCUT2D eigenvalue weighted by Crippen LogP contribution is 2.26. The molecule has 1 aromatic carbocycles. The van der Waals surface area contributed by atoms with Crippen LogP contribution in [-0.4, -0.2) is 27.3 Å². The lowest BCUT2D eigenvalue weighted by atomic mass is 10.1. The average Bonchev–Trinajstić information content (AvgIpc) is 2.73. The highest BCUT2D eigenvalue weighted by atomic mass is 16.3. The molecule has 2 aromatic rings. The van der Waals surface area contributed by atoms with Gasteiger partial charge in [0.15, 0.2) is 5.69 Å². The number of benzene rings is 1. The van der Waals surface area contributed by atoms with Crippen molar-refractivity contribution < 1.29 is 9.90 Å². The van der Waals surface area contributed by atoms with Gasteiger partial charge in [-0.2, -0.15) is 5.10 Å². The Morgan fingerprint density at radius 3 is 2.75 bits per heavy atom. The molecule has 0 fully saturated rings. The maximum Gasteiger partial charge on any atom is 0.280 e. The summed E-state index contributed by atoms with van der Waals surface area (Å²) in [6, 6.07) is 4.92. The molecule has 0 atom stereocenters. The van der Waals surface area contributed by atoms with Crippen LogP contribution in [0.15, 0.2) is 24.4 Å². The number of nitrogens with zero attached hydrogens (tertiary/aromatic N) is 3. The number of phenolic OH excluding ortho intramolecular Hbond substituents is 1. The molecule has 0 aliphatic heterocycles. The smallest absolute Gasteiger partial charge is 0.280 e. The Morgan fingerprint density at radius 1 is 1.50 bits per heavy atom. The Bertz CT molecular complexity index is 649. The fraction of sp³-hybridized carbons (Fsp3) is 0.286. The molecule has 0 unspecified atom stereocenters. The molecule has 1 aromatic heterocycles. The summed E-state index contributed by atoms with van der Waals surface area (Å²) in [4.78, 5) is 14.1. The molecule has 6 heteroatoms. The van der Waals surface area contributed by atoms with Gasteiger partial charge in [0.05, 0.1) is 11.4 Å². The summed E-state index contributed by atoms with van der Waals surface area (Å²) in [6.45, 7) is 4.20. The lowest BCUT2D eigenvalue weighted by Gasteiger charge is -2.22. The van der Waals surface area contributed by atoms with Gasteiger partial charge < -0.3 is 15.7 Å². The van der Waals surface area contributed by atoms with Crippen molar-refractivity contribution >= 4 is 17.3 Å². The third-order valence-electron chi connectivity index (χ3n) is 3.10. The van der Waals surface area contributed by atoms with Crippen molar-refractivity contribution in [2.24, 2.45) is 7.05 Å². The number of rotatable bonds is 3. The maximum atomic E-state index is 12.6. The molecule has 0 aliphatic rings. The van der Waals surface area contributed by atoms with E-state index in [-0.39, 0.29) is 17.4 Å². The number of hydrogen-bond acceptors (Lipinski definition) is 4. The van der Waals surface area contributed by atoms with Gasteiger partial charge in [-0.15, -0.1) is 0 Å². The minimum atomic E-state index is -0.278. The van der Waals surface area contributed by atoms with Crippen molar-refractivity contribution in [3.63, 3.8) is 0 Å². The summed E-state index contributed by atoms with van der Waals surface area (Å²) >= 11 is 0. The molecule has 0 spiro atoms. The van der Waals surface area contributed by atoms with Gasteiger partial charge in [0, 0.05) is 25.9 Å². The van der Waals surface area contributed by atoms with Crippen molar-refractivity contribution in [3.05, 3.63) is 35.7 Å². The van der Waals surface area contributed by atoms with Crippen LogP contribution in [0.2, 0.25) is 0 Å². The SMILES string of the molecule is CCN(C(=O)c1nn(C)cc1N)c1cc(O)ccc1C. The first-order valence-corrected chi connectivity index (χ1v) is 6.34. The molecule has 0 saturated carbocycles. The van der Waals surface area contributed by atoms with Crippen LogP contribution >= 0.6 is 0 Å². The monoisotopic (exact) mass is 274 g/mol. The predicted molar refractivity (Wildman–Crippen MR) is 77.8 cm³/mol. The fourth-order valence-corrected chi connectivity index (χ4v) is 2.11. The molecule has 1 amide bonds. The first kappa shape index (κ1) is 13.9. The summed E-state index contributed by atoms with van der Waals surface area (Å²) in [5.74, 6) is -0.162. The summed E-state index contributed by atoms with van der Waals surface area (Å²) in [6.07, 6.45) is 1.59. The van der Waals surface area contributed by atoms with Gasteiger partial charge in [0.2, 0.25) is 0 Å². The summed E-state index contributed by atoms with van der Waals surface area (Å²) in [7, 11) is 1.71. The van der Waals surface area contributed by atoms with Gasteiger partial charge in [-0.1, -0.05) is 6.07 Å². The van der Waals surface area contributed by atoms with E-state index in [9.17, 15) is 9.90 Å². The summed E-state index contributed by atoms with van der Waals surface area (Å²) < 4.78 is 1.51. The first-order chi connectivity index (χ1) is 9.43. The zero-order valence-corrected chi connectivity index (χ0v) is 11.8. The van der Waals surface area contributed by atoms with Crippen LogP contribution in [0.5, 0.6) is 5.75 Å². The van der Waals surface area contributed by atoms with Crippen LogP contribution in [0.1, 0.15) is 23.0 Å². The number of aromatic nitrogens is 2. The summed E-state index contributed by atoms with van der Waals surface area (Å²) in [5.41, 5.74) is 7.91. The average molecular weight is 274 g/mol. The number of anilines is 2. The minimum Gasteiger partial charge on any atom is -0.508 e. The number of aryl methyl sites for hydroxylation is 2. The number of carbonyl (C=O) groups excluding carboxylic acids is 1. The third kappa shape index (κ3) is 2.45. The molecule has 0 radical (unpaired) electrons. The van der Waals surface area contributed by atoms with Gasteiger partial charge >= 0.3 is 0 Å². The van der Waals surface area contributed by atoms with Crippen molar-refractivity contribution in [2.45, 2.75) is 13.8 Å². The third-order valence-corrected chi connectivity index (χ3v) is 3.10. The number of aromatic hydroxyl groups is 1. The highest BCUT2D eigenvalue weighted by molar-refractivity contribution is 6.08. The molecule has 0 saturated heterocycles. The number of nitrogen functional groups attached to an aromatic ring is 1. The molecular formula is C14H18N4O2. The molecule has 3 N–H and O–H groups in total. The van der Waals surface area contributed by atoms with Crippen molar-refractivity contribution in [2.75, 3.05) is 17.2 Å². The van der Waals surface area contributed by atoms with E-state index in [4.69, 9.17) is 5.73 Å². The largest absolute Gasteiger partial charge is 0.508 e. The number of carbonyl (C=O) groups is 1. The lowest BCUT2D eigenvalue weighted by molar-refractivity contribution is 0.0983. The van der Waals surface area contributed by atoms with Gasteiger partial charge in [0.25, 0.3) is 5.91 Å². The van der Waals surface area contributed by atoms with Crippen molar-refractivity contribution in [1.29, 1.82) is 0 Å². The van der Waals surface area contributed by atoms with Gasteiger partial charge in [-0.25, -0.2) is 0 Å².